The lowest BCUT2D eigenvalue weighted by Gasteiger charge is -2.39. The number of aromatic nitrogens is 5. The molecule has 3 aromatic heterocycles. The molecule has 0 atom stereocenters. The van der Waals surface area contributed by atoms with E-state index in [0.717, 1.165) is 11.1 Å². The number of aliphatic hydroxyl groups excluding tert-OH is 1. The normalized spacial score (nSPS) is 14.7. The van der Waals surface area contributed by atoms with Crippen LogP contribution in [0.4, 0.5) is 4.79 Å². The topological polar surface area (TPSA) is 159 Å². The quantitative estimate of drug-likeness (QED) is 0.300. The van der Waals surface area contributed by atoms with E-state index in [4.69, 9.17) is 5.11 Å². The van der Waals surface area contributed by atoms with Gasteiger partial charge in [0, 0.05) is 51.1 Å². The molecule has 4 heterocycles. The van der Waals surface area contributed by atoms with Crippen molar-refractivity contribution < 1.29 is 19.8 Å². The SMILES string of the molecule is CN(C)C(=O)N1CCC(O)(Cn2cnc3c(cnn3-c3cncc(-c4cccc(C(=O)NCCO)c4)c3)c2=O)CC1. The van der Waals surface area contributed by atoms with Crippen LogP contribution in [0.25, 0.3) is 27.8 Å². The van der Waals surface area contributed by atoms with Gasteiger partial charge in [-0.1, -0.05) is 12.1 Å². The van der Waals surface area contributed by atoms with Gasteiger partial charge in [0.2, 0.25) is 0 Å². The van der Waals surface area contributed by atoms with E-state index in [1.54, 1.807) is 49.6 Å². The predicted molar refractivity (Wildman–Crippen MR) is 151 cm³/mol. The molecule has 0 radical (unpaired) electrons. The predicted octanol–water partition coefficient (Wildman–Crippen LogP) is 0.875. The van der Waals surface area contributed by atoms with E-state index in [1.807, 2.05) is 12.1 Å². The molecule has 3 N–H and O–H groups in total. The van der Waals surface area contributed by atoms with Crippen LogP contribution in [-0.4, -0.2) is 102 Å². The van der Waals surface area contributed by atoms with Gasteiger partial charge in [0.05, 0.1) is 36.8 Å². The number of aliphatic hydroxyl groups is 2. The maximum Gasteiger partial charge on any atom is 0.319 e. The highest BCUT2D eigenvalue weighted by Gasteiger charge is 2.35. The van der Waals surface area contributed by atoms with E-state index in [2.05, 4.69) is 20.4 Å². The summed E-state index contributed by atoms with van der Waals surface area (Å²) >= 11 is 0. The second-order valence-electron chi connectivity index (χ2n) is 10.4. The number of piperidine rings is 1. The van der Waals surface area contributed by atoms with Crippen LogP contribution in [0.3, 0.4) is 0 Å². The molecule has 214 valence electrons. The van der Waals surface area contributed by atoms with Gasteiger partial charge in [-0.05, 0) is 36.6 Å². The minimum Gasteiger partial charge on any atom is -0.395 e. The van der Waals surface area contributed by atoms with Crippen molar-refractivity contribution in [2.75, 3.05) is 40.3 Å². The van der Waals surface area contributed by atoms with E-state index < -0.39 is 5.60 Å². The van der Waals surface area contributed by atoms with Crippen molar-refractivity contribution in [3.05, 3.63) is 71.2 Å². The number of amides is 3. The summed E-state index contributed by atoms with van der Waals surface area (Å²) < 4.78 is 2.91. The van der Waals surface area contributed by atoms with Gasteiger partial charge in [0.15, 0.2) is 5.65 Å². The van der Waals surface area contributed by atoms with Crippen LogP contribution in [0.1, 0.15) is 23.2 Å². The second-order valence-corrected chi connectivity index (χ2v) is 10.4. The third-order valence-corrected chi connectivity index (χ3v) is 7.19. The lowest BCUT2D eigenvalue weighted by atomic mass is 9.91. The minimum absolute atomic E-state index is 0.0587. The number of hydrogen-bond donors (Lipinski definition) is 3. The summed E-state index contributed by atoms with van der Waals surface area (Å²) in [5.74, 6) is -0.291. The van der Waals surface area contributed by atoms with E-state index in [-0.39, 0.29) is 37.2 Å². The molecule has 0 saturated carbocycles. The summed E-state index contributed by atoms with van der Waals surface area (Å²) in [6.07, 6.45) is 6.81. The number of likely N-dealkylation sites (tertiary alicyclic amines) is 1. The number of rotatable bonds is 7. The van der Waals surface area contributed by atoms with Crippen LogP contribution in [0.15, 0.2) is 60.0 Å². The highest BCUT2D eigenvalue weighted by Crippen LogP contribution is 2.26. The Morgan fingerprint density at radius 1 is 1.10 bits per heavy atom. The first-order chi connectivity index (χ1) is 19.7. The molecule has 13 heteroatoms. The Hall–Kier alpha value is -4.62. The number of benzene rings is 1. The van der Waals surface area contributed by atoms with Gasteiger partial charge in [0.1, 0.15) is 11.7 Å². The molecular weight excluding hydrogens is 528 g/mol. The van der Waals surface area contributed by atoms with Crippen molar-refractivity contribution in [1.29, 1.82) is 0 Å². The Morgan fingerprint density at radius 3 is 2.61 bits per heavy atom. The number of carbonyl (C=O) groups is 2. The molecule has 41 heavy (non-hydrogen) atoms. The van der Waals surface area contributed by atoms with Crippen LogP contribution >= 0.6 is 0 Å². The third kappa shape index (κ3) is 5.81. The first-order valence-electron chi connectivity index (χ1n) is 13.3. The van der Waals surface area contributed by atoms with E-state index >= 15 is 0 Å². The number of carbonyl (C=O) groups excluding carboxylic acids is 2. The lowest BCUT2D eigenvalue weighted by molar-refractivity contribution is -0.0282. The zero-order valence-corrected chi connectivity index (χ0v) is 22.9. The van der Waals surface area contributed by atoms with Crippen LogP contribution in [-0.2, 0) is 6.54 Å². The maximum absolute atomic E-state index is 13.3. The fourth-order valence-corrected chi connectivity index (χ4v) is 4.94. The molecular formula is C28H32N8O5. The summed E-state index contributed by atoms with van der Waals surface area (Å²) in [5, 5.41) is 27.5. The molecule has 5 rings (SSSR count). The van der Waals surface area contributed by atoms with Crippen LogP contribution in [0.2, 0.25) is 0 Å². The number of pyridine rings is 1. The first-order valence-corrected chi connectivity index (χ1v) is 13.3. The standard InChI is InChI=1S/C28H32N8O5/c1-33(2)27(40)34-9-6-28(41,7-10-34)17-35-18-31-24-23(26(35)39)16-32-36(24)22-13-21(14-29-15-22)19-4-3-5-20(12-19)25(38)30-8-11-37/h3-5,12-16,18,37,41H,6-11,17H2,1-2H3,(H,30,38). The molecule has 3 amide bonds. The number of fused-ring (bicyclic) bond motifs is 1. The summed E-state index contributed by atoms with van der Waals surface area (Å²) in [7, 11) is 3.38. The molecule has 1 aromatic carbocycles. The third-order valence-electron chi connectivity index (χ3n) is 7.19. The van der Waals surface area contributed by atoms with Crippen LogP contribution in [0.5, 0.6) is 0 Å². The smallest absolute Gasteiger partial charge is 0.319 e. The zero-order chi connectivity index (χ0) is 29.1. The van der Waals surface area contributed by atoms with Crippen molar-refractivity contribution in [3.8, 4) is 16.8 Å². The number of nitrogens with one attached hydrogen (secondary N) is 1. The summed E-state index contributed by atoms with van der Waals surface area (Å²) in [5.41, 5.74) is 1.40. The second kappa shape index (κ2) is 11.5. The molecule has 1 saturated heterocycles. The van der Waals surface area contributed by atoms with E-state index in [9.17, 15) is 19.5 Å². The minimum atomic E-state index is -1.14. The van der Waals surface area contributed by atoms with Gasteiger partial charge in [-0.2, -0.15) is 5.10 Å². The summed E-state index contributed by atoms with van der Waals surface area (Å²) in [4.78, 5) is 49.9. The van der Waals surface area contributed by atoms with Crippen molar-refractivity contribution in [3.63, 3.8) is 0 Å². The van der Waals surface area contributed by atoms with Crippen molar-refractivity contribution in [1.82, 2.24) is 39.4 Å². The lowest BCUT2D eigenvalue weighted by Crippen LogP contribution is -2.51. The molecule has 0 spiro atoms. The number of urea groups is 1. The largest absolute Gasteiger partial charge is 0.395 e. The maximum atomic E-state index is 13.3. The Bertz CT molecular complexity index is 1640. The van der Waals surface area contributed by atoms with Crippen molar-refractivity contribution in [2.24, 2.45) is 0 Å². The molecule has 1 aliphatic heterocycles. The van der Waals surface area contributed by atoms with Gasteiger partial charge in [-0.15, -0.1) is 0 Å². The van der Waals surface area contributed by atoms with E-state index in [1.165, 1.54) is 26.7 Å². The summed E-state index contributed by atoms with van der Waals surface area (Å²) in [6, 6.07) is 8.77. The molecule has 1 fully saturated rings. The van der Waals surface area contributed by atoms with Crippen LogP contribution in [0, 0.1) is 0 Å². The Morgan fingerprint density at radius 2 is 1.88 bits per heavy atom. The number of hydrogen-bond acceptors (Lipinski definition) is 8. The van der Waals surface area contributed by atoms with Gasteiger partial charge >= 0.3 is 6.03 Å². The molecule has 1 aliphatic rings. The highest BCUT2D eigenvalue weighted by atomic mass is 16.3. The zero-order valence-electron chi connectivity index (χ0n) is 22.9. The average Bonchev–Trinajstić information content (AvgIpc) is 3.42. The fraction of sp³-hybridized carbons (Fsp3) is 0.357. The van der Waals surface area contributed by atoms with Crippen molar-refractivity contribution >= 4 is 23.0 Å². The highest BCUT2D eigenvalue weighted by molar-refractivity contribution is 5.95. The summed E-state index contributed by atoms with van der Waals surface area (Å²) in [6.45, 7) is 0.873. The van der Waals surface area contributed by atoms with Gasteiger partial charge in [-0.3, -0.25) is 19.1 Å². The molecule has 13 nitrogen and oxygen atoms in total. The number of nitrogens with zero attached hydrogens (tertiary/aromatic N) is 7. The van der Waals surface area contributed by atoms with Gasteiger partial charge in [0.25, 0.3) is 11.5 Å². The molecule has 0 unspecified atom stereocenters. The Kier molecular flexibility index (Phi) is 7.81. The monoisotopic (exact) mass is 560 g/mol. The van der Waals surface area contributed by atoms with Crippen LogP contribution < -0.4 is 10.9 Å². The Labute approximate surface area is 235 Å². The molecule has 4 aromatic rings. The molecule has 0 aliphatic carbocycles. The fourth-order valence-electron chi connectivity index (χ4n) is 4.94. The average molecular weight is 561 g/mol. The van der Waals surface area contributed by atoms with Gasteiger partial charge in [-0.25, -0.2) is 14.5 Å². The Balaban J connectivity index is 1.37. The van der Waals surface area contributed by atoms with E-state index in [0.29, 0.717) is 48.2 Å². The van der Waals surface area contributed by atoms with Crippen molar-refractivity contribution in [2.45, 2.75) is 25.0 Å². The van der Waals surface area contributed by atoms with Gasteiger partial charge < -0.3 is 25.3 Å². The first kappa shape index (κ1) is 27.9. The molecule has 0 bridgehead atoms.